The molecule has 0 amide bonds. The molecular weight excluding hydrogens is 515 g/mol. The SMILES string of the molecule is CCNC(=NCC(O)c1ccc(C(C)(C)C)cc1)NCCCCn1c(C)cccc1=O.I. The zero-order valence-electron chi connectivity index (χ0n) is 20.0. The van der Waals surface area contributed by atoms with E-state index in [1.807, 2.05) is 32.0 Å². The van der Waals surface area contributed by atoms with Gasteiger partial charge in [-0.05, 0) is 49.3 Å². The predicted octanol–water partition coefficient (Wildman–Crippen LogP) is 4.14. The number of nitrogens with zero attached hydrogens (tertiary/aromatic N) is 2. The molecule has 1 aromatic heterocycles. The Morgan fingerprint density at radius 2 is 1.78 bits per heavy atom. The number of unbranched alkanes of at least 4 members (excludes halogenated alkanes) is 1. The first-order valence-electron chi connectivity index (χ1n) is 11.2. The van der Waals surface area contributed by atoms with Crippen molar-refractivity contribution in [3.63, 3.8) is 0 Å². The topological polar surface area (TPSA) is 78.7 Å². The number of benzene rings is 1. The quantitative estimate of drug-likeness (QED) is 0.189. The summed E-state index contributed by atoms with van der Waals surface area (Å²) in [6.07, 6.45) is 1.18. The van der Waals surface area contributed by atoms with Crippen molar-refractivity contribution in [3.8, 4) is 0 Å². The van der Waals surface area contributed by atoms with Crippen molar-refractivity contribution in [3.05, 3.63) is 69.6 Å². The van der Waals surface area contributed by atoms with E-state index in [2.05, 4.69) is 48.5 Å². The molecule has 178 valence electrons. The van der Waals surface area contributed by atoms with Crippen molar-refractivity contribution < 1.29 is 5.11 Å². The third kappa shape index (κ3) is 8.94. The molecule has 1 aromatic carbocycles. The smallest absolute Gasteiger partial charge is 0.250 e. The van der Waals surface area contributed by atoms with Gasteiger partial charge in [0.2, 0.25) is 0 Å². The van der Waals surface area contributed by atoms with Crippen LogP contribution in [0.4, 0.5) is 0 Å². The van der Waals surface area contributed by atoms with E-state index in [0.29, 0.717) is 19.0 Å². The number of aliphatic hydroxyl groups is 1. The van der Waals surface area contributed by atoms with Crippen LogP contribution in [0.15, 0.2) is 52.3 Å². The van der Waals surface area contributed by atoms with Gasteiger partial charge in [0.25, 0.3) is 5.56 Å². The lowest BCUT2D eigenvalue weighted by molar-refractivity contribution is 0.187. The summed E-state index contributed by atoms with van der Waals surface area (Å²) in [6.45, 7) is 13.0. The van der Waals surface area contributed by atoms with Crippen molar-refractivity contribution >= 4 is 29.9 Å². The van der Waals surface area contributed by atoms with Crippen molar-refractivity contribution in [2.75, 3.05) is 19.6 Å². The second kappa shape index (κ2) is 13.6. The zero-order chi connectivity index (χ0) is 22.9. The molecule has 3 N–H and O–H groups in total. The fourth-order valence-electron chi connectivity index (χ4n) is 3.34. The molecule has 32 heavy (non-hydrogen) atoms. The van der Waals surface area contributed by atoms with Gasteiger partial charge in [0.15, 0.2) is 5.96 Å². The van der Waals surface area contributed by atoms with Crippen LogP contribution in [0.2, 0.25) is 0 Å². The first kappa shape index (κ1) is 28.2. The van der Waals surface area contributed by atoms with E-state index in [0.717, 1.165) is 37.2 Å². The van der Waals surface area contributed by atoms with Gasteiger partial charge in [-0.15, -0.1) is 24.0 Å². The van der Waals surface area contributed by atoms with Gasteiger partial charge in [0.1, 0.15) is 0 Å². The first-order valence-corrected chi connectivity index (χ1v) is 11.2. The third-order valence-corrected chi connectivity index (χ3v) is 5.30. The van der Waals surface area contributed by atoms with E-state index in [9.17, 15) is 9.90 Å². The summed E-state index contributed by atoms with van der Waals surface area (Å²) in [6, 6.07) is 13.5. The average molecular weight is 555 g/mol. The minimum Gasteiger partial charge on any atom is -0.386 e. The van der Waals surface area contributed by atoms with E-state index >= 15 is 0 Å². The number of aromatic nitrogens is 1. The lowest BCUT2D eigenvalue weighted by Crippen LogP contribution is -2.38. The molecule has 0 aliphatic rings. The molecule has 0 saturated carbocycles. The summed E-state index contributed by atoms with van der Waals surface area (Å²) in [5.41, 5.74) is 3.25. The predicted molar refractivity (Wildman–Crippen MR) is 144 cm³/mol. The molecule has 0 fully saturated rings. The summed E-state index contributed by atoms with van der Waals surface area (Å²) in [7, 11) is 0. The van der Waals surface area contributed by atoms with E-state index < -0.39 is 6.10 Å². The molecule has 0 bridgehead atoms. The number of aliphatic hydroxyl groups excluding tert-OH is 1. The maximum Gasteiger partial charge on any atom is 0.250 e. The second-order valence-corrected chi connectivity index (χ2v) is 8.90. The largest absolute Gasteiger partial charge is 0.386 e. The zero-order valence-corrected chi connectivity index (χ0v) is 22.3. The Labute approximate surface area is 209 Å². The van der Waals surface area contributed by atoms with Gasteiger partial charge in [0, 0.05) is 31.4 Å². The van der Waals surface area contributed by atoms with Gasteiger partial charge < -0.3 is 20.3 Å². The summed E-state index contributed by atoms with van der Waals surface area (Å²) in [4.78, 5) is 16.5. The molecule has 0 spiro atoms. The van der Waals surface area contributed by atoms with Crippen molar-refractivity contribution in [1.29, 1.82) is 0 Å². The normalized spacial score (nSPS) is 12.8. The fourth-order valence-corrected chi connectivity index (χ4v) is 3.34. The lowest BCUT2D eigenvalue weighted by Gasteiger charge is -2.20. The number of halogens is 1. The minimum atomic E-state index is -0.641. The fraction of sp³-hybridized carbons (Fsp3) is 0.520. The number of aliphatic imine (C=N–C) groups is 1. The molecule has 6 nitrogen and oxygen atoms in total. The number of hydrogen-bond acceptors (Lipinski definition) is 3. The Balaban J connectivity index is 0.00000512. The highest BCUT2D eigenvalue weighted by Crippen LogP contribution is 2.24. The Morgan fingerprint density at radius 1 is 1.09 bits per heavy atom. The molecule has 0 aliphatic carbocycles. The number of nitrogens with one attached hydrogen (secondary N) is 2. The van der Waals surface area contributed by atoms with E-state index in [4.69, 9.17) is 0 Å². The molecular formula is C25H39IN4O2. The van der Waals surface area contributed by atoms with E-state index in [-0.39, 0.29) is 35.0 Å². The van der Waals surface area contributed by atoms with Crippen LogP contribution in [0.5, 0.6) is 0 Å². The number of pyridine rings is 1. The summed E-state index contributed by atoms with van der Waals surface area (Å²) in [5, 5.41) is 17.1. The molecule has 1 heterocycles. The molecule has 0 saturated heterocycles. The van der Waals surface area contributed by atoms with Gasteiger partial charge in [-0.25, -0.2) is 0 Å². The van der Waals surface area contributed by atoms with E-state index in [1.54, 1.807) is 16.7 Å². The Hall–Kier alpha value is -1.87. The molecule has 0 radical (unpaired) electrons. The number of hydrogen-bond donors (Lipinski definition) is 3. The van der Waals surface area contributed by atoms with Gasteiger partial charge >= 0.3 is 0 Å². The van der Waals surface area contributed by atoms with Crippen LogP contribution in [-0.4, -0.2) is 35.3 Å². The molecule has 2 aromatic rings. The second-order valence-electron chi connectivity index (χ2n) is 8.90. The van der Waals surface area contributed by atoms with Crippen LogP contribution in [0, 0.1) is 6.92 Å². The Bertz CT molecular complexity index is 901. The monoisotopic (exact) mass is 554 g/mol. The van der Waals surface area contributed by atoms with Crippen LogP contribution < -0.4 is 16.2 Å². The standard InChI is InChI=1S/C25H38N4O2.HI/c1-6-26-24(27-16-7-8-17-29-19(2)10-9-11-23(29)31)28-18-22(30)20-12-14-21(15-13-20)25(3,4)5;/h9-15,22,30H,6-8,16-18H2,1-5H3,(H2,26,27,28);1H. The Kier molecular flexibility index (Phi) is 12.0. The average Bonchev–Trinajstić information content (AvgIpc) is 2.72. The van der Waals surface area contributed by atoms with Crippen molar-refractivity contribution in [2.45, 2.75) is 65.5 Å². The molecule has 1 atom stereocenters. The molecule has 2 rings (SSSR count). The van der Waals surface area contributed by atoms with Gasteiger partial charge in [-0.2, -0.15) is 0 Å². The summed E-state index contributed by atoms with van der Waals surface area (Å²) in [5.74, 6) is 0.695. The van der Waals surface area contributed by atoms with Crippen LogP contribution >= 0.6 is 24.0 Å². The summed E-state index contributed by atoms with van der Waals surface area (Å²) >= 11 is 0. The highest BCUT2D eigenvalue weighted by atomic mass is 127. The Morgan fingerprint density at radius 3 is 2.38 bits per heavy atom. The highest BCUT2D eigenvalue weighted by Gasteiger charge is 2.14. The maximum atomic E-state index is 11.9. The van der Waals surface area contributed by atoms with Crippen molar-refractivity contribution in [1.82, 2.24) is 15.2 Å². The van der Waals surface area contributed by atoms with E-state index in [1.165, 1.54) is 5.56 Å². The number of aryl methyl sites for hydroxylation is 1. The minimum absolute atomic E-state index is 0. The van der Waals surface area contributed by atoms with Crippen LogP contribution in [0.1, 0.15) is 63.5 Å². The van der Waals surface area contributed by atoms with Crippen molar-refractivity contribution in [2.24, 2.45) is 4.99 Å². The molecule has 0 aliphatic heterocycles. The van der Waals surface area contributed by atoms with Gasteiger partial charge in [-0.3, -0.25) is 9.79 Å². The highest BCUT2D eigenvalue weighted by molar-refractivity contribution is 14.0. The van der Waals surface area contributed by atoms with Crippen LogP contribution in [-0.2, 0) is 12.0 Å². The van der Waals surface area contributed by atoms with Crippen LogP contribution in [0.3, 0.4) is 0 Å². The number of rotatable bonds is 9. The van der Waals surface area contributed by atoms with Crippen LogP contribution in [0.25, 0.3) is 0 Å². The molecule has 1 unspecified atom stereocenters. The maximum absolute atomic E-state index is 11.9. The third-order valence-electron chi connectivity index (χ3n) is 5.30. The molecule has 7 heteroatoms. The summed E-state index contributed by atoms with van der Waals surface area (Å²) < 4.78 is 1.81. The van der Waals surface area contributed by atoms with Gasteiger partial charge in [0.05, 0.1) is 12.6 Å². The lowest BCUT2D eigenvalue weighted by atomic mass is 9.86. The first-order chi connectivity index (χ1) is 14.7. The van der Waals surface area contributed by atoms with Gasteiger partial charge in [-0.1, -0.05) is 51.1 Å². The number of guanidine groups is 1.